The summed E-state index contributed by atoms with van der Waals surface area (Å²) in [6, 6.07) is 7.59. The maximum Gasteiger partial charge on any atom is 0.303 e. The minimum atomic E-state index is -0.840. The summed E-state index contributed by atoms with van der Waals surface area (Å²) in [5.74, 6) is -0.129. The normalized spacial score (nSPS) is 10.9. The first kappa shape index (κ1) is 11.6. The van der Waals surface area contributed by atoms with Crippen LogP contribution in [0.15, 0.2) is 24.3 Å². The highest BCUT2D eigenvalue weighted by atomic mass is 16.4. The van der Waals surface area contributed by atoms with Gasteiger partial charge < -0.3 is 14.8 Å². The highest BCUT2D eigenvalue weighted by Crippen LogP contribution is 2.16. The number of benzene rings is 1. The number of carboxylic acid groups (broad SMARTS) is 1. The molecule has 0 saturated heterocycles. The zero-order valence-electron chi connectivity index (χ0n) is 9.33. The zero-order valence-corrected chi connectivity index (χ0v) is 9.33. The highest BCUT2D eigenvalue weighted by Gasteiger charge is 2.10. The molecule has 0 aliphatic rings. The number of rotatable bonds is 5. The molecule has 1 heterocycles. The molecule has 90 valence electrons. The van der Waals surface area contributed by atoms with E-state index in [-0.39, 0.29) is 13.0 Å². The van der Waals surface area contributed by atoms with Crippen molar-refractivity contribution in [2.75, 3.05) is 6.61 Å². The van der Waals surface area contributed by atoms with E-state index in [9.17, 15) is 4.79 Å². The second kappa shape index (κ2) is 4.97. The van der Waals surface area contributed by atoms with E-state index in [4.69, 9.17) is 10.2 Å². The van der Waals surface area contributed by atoms with Crippen LogP contribution >= 0.6 is 0 Å². The van der Waals surface area contributed by atoms with E-state index in [1.54, 1.807) is 0 Å². The first-order valence-electron chi connectivity index (χ1n) is 5.49. The Morgan fingerprint density at radius 2 is 2.12 bits per heavy atom. The van der Waals surface area contributed by atoms with Crippen LogP contribution in [-0.2, 0) is 17.8 Å². The van der Waals surface area contributed by atoms with Gasteiger partial charge >= 0.3 is 5.97 Å². The van der Waals surface area contributed by atoms with E-state index in [1.165, 1.54) is 0 Å². The Kier molecular flexibility index (Phi) is 3.39. The van der Waals surface area contributed by atoms with Gasteiger partial charge in [-0.2, -0.15) is 0 Å². The average Bonchev–Trinajstić information content (AvgIpc) is 2.66. The molecule has 1 aromatic carbocycles. The van der Waals surface area contributed by atoms with Crippen molar-refractivity contribution in [1.82, 2.24) is 9.55 Å². The minimum Gasteiger partial charge on any atom is -0.481 e. The molecule has 0 fully saturated rings. The number of aliphatic hydroxyl groups is 1. The van der Waals surface area contributed by atoms with Crippen molar-refractivity contribution in [2.45, 2.75) is 19.4 Å². The smallest absolute Gasteiger partial charge is 0.303 e. The molecule has 5 nitrogen and oxygen atoms in total. The molecule has 1 aromatic heterocycles. The number of aryl methyl sites for hydroxylation is 1. The topological polar surface area (TPSA) is 75.3 Å². The van der Waals surface area contributed by atoms with Crippen molar-refractivity contribution >= 4 is 17.0 Å². The summed E-state index contributed by atoms with van der Waals surface area (Å²) in [6.07, 6.45) is 0.429. The molecule has 0 radical (unpaired) electrons. The molecule has 0 amide bonds. The summed E-state index contributed by atoms with van der Waals surface area (Å²) in [4.78, 5) is 15.0. The molecular formula is C12H14N2O3. The number of carbonyl (C=O) groups is 1. The number of imidazole rings is 1. The Bertz CT molecular complexity index is 534. The van der Waals surface area contributed by atoms with Crippen LogP contribution < -0.4 is 0 Å². The molecule has 2 N–H and O–H groups in total. The van der Waals surface area contributed by atoms with Gasteiger partial charge in [0.1, 0.15) is 5.82 Å². The third kappa shape index (κ3) is 2.45. The number of para-hydroxylation sites is 2. The lowest BCUT2D eigenvalue weighted by atomic mass is 10.3. The van der Waals surface area contributed by atoms with Crippen LogP contribution in [0.1, 0.15) is 12.2 Å². The van der Waals surface area contributed by atoms with Gasteiger partial charge in [0.15, 0.2) is 0 Å². The Balaban J connectivity index is 2.38. The van der Waals surface area contributed by atoms with Crippen LogP contribution in [0, 0.1) is 0 Å². The lowest BCUT2D eigenvalue weighted by Gasteiger charge is -2.05. The predicted molar refractivity (Wildman–Crippen MR) is 62.8 cm³/mol. The Hall–Kier alpha value is -1.88. The Morgan fingerprint density at radius 1 is 1.35 bits per heavy atom. The van der Waals surface area contributed by atoms with E-state index in [2.05, 4.69) is 4.98 Å². The van der Waals surface area contributed by atoms with E-state index in [1.807, 2.05) is 28.8 Å². The predicted octanol–water partition coefficient (Wildman–Crippen LogP) is 1.05. The van der Waals surface area contributed by atoms with Gasteiger partial charge in [-0.05, 0) is 12.1 Å². The van der Waals surface area contributed by atoms with Crippen molar-refractivity contribution in [1.29, 1.82) is 0 Å². The Labute approximate surface area is 98.3 Å². The minimum absolute atomic E-state index is 0.0143. The number of carboxylic acids is 1. The number of hydrogen-bond donors (Lipinski definition) is 2. The summed E-state index contributed by atoms with van der Waals surface area (Å²) < 4.78 is 1.87. The molecule has 5 heteroatoms. The number of aromatic nitrogens is 2. The van der Waals surface area contributed by atoms with Gasteiger partial charge in [-0.15, -0.1) is 0 Å². The van der Waals surface area contributed by atoms with Gasteiger partial charge in [-0.3, -0.25) is 4.79 Å². The monoisotopic (exact) mass is 234 g/mol. The molecule has 2 rings (SSSR count). The van der Waals surface area contributed by atoms with Crippen molar-refractivity contribution in [3.05, 3.63) is 30.1 Å². The standard InChI is InChI=1S/C12H14N2O3/c15-8-7-14-10-4-2-1-3-9(10)13-11(14)5-6-12(16)17/h1-4,15H,5-8H2,(H,16,17). The molecule has 0 aliphatic heterocycles. The van der Waals surface area contributed by atoms with Gasteiger partial charge in [0, 0.05) is 13.0 Å². The van der Waals surface area contributed by atoms with Crippen molar-refractivity contribution in [2.24, 2.45) is 0 Å². The van der Waals surface area contributed by atoms with E-state index in [0.29, 0.717) is 18.8 Å². The van der Waals surface area contributed by atoms with Crippen molar-refractivity contribution in [3.63, 3.8) is 0 Å². The first-order valence-corrected chi connectivity index (χ1v) is 5.49. The van der Waals surface area contributed by atoms with Gasteiger partial charge in [0.2, 0.25) is 0 Å². The van der Waals surface area contributed by atoms with Crippen LogP contribution in [0.3, 0.4) is 0 Å². The summed E-state index contributed by atoms with van der Waals surface area (Å²) in [6.45, 7) is 0.454. The fourth-order valence-corrected chi connectivity index (χ4v) is 1.88. The SMILES string of the molecule is O=C(O)CCc1nc2ccccc2n1CCO. The third-order valence-corrected chi connectivity index (χ3v) is 2.62. The van der Waals surface area contributed by atoms with E-state index in [0.717, 1.165) is 11.0 Å². The molecule has 0 atom stereocenters. The van der Waals surface area contributed by atoms with Crippen LogP contribution in [0.2, 0.25) is 0 Å². The summed E-state index contributed by atoms with van der Waals surface area (Å²) in [5.41, 5.74) is 1.77. The number of fused-ring (bicyclic) bond motifs is 1. The average molecular weight is 234 g/mol. The second-order valence-corrected chi connectivity index (χ2v) is 3.79. The summed E-state index contributed by atoms with van der Waals surface area (Å²) in [7, 11) is 0. The molecule has 0 saturated carbocycles. The lowest BCUT2D eigenvalue weighted by molar-refractivity contribution is -0.137. The maximum atomic E-state index is 10.6. The van der Waals surface area contributed by atoms with Crippen LogP contribution in [-0.4, -0.2) is 32.3 Å². The van der Waals surface area contributed by atoms with Gasteiger partial charge in [0.25, 0.3) is 0 Å². The number of aliphatic carboxylic acids is 1. The van der Waals surface area contributed by atoms with Crippen LogP contribution in [0.4, 0.5) is 0 Å². The number of nitrogens with zero attached hydrogens (tertiary/aromatic N) is 2. The molecular weight excluding hydrogens is 220 g/mol. The number of aliphatic hydroxyl groups excluding tert-OH is 1. The number of hydrogen-bond acceptors (Lipinski definition) is 3. The fraction of sp³-hybridized carbons (Fsp3) is 0.333. The highest BCUT2D eigenvalue weighted by molar-refractivity contribution is 5.76. The van der Waals surface area contributed by atoms with E-state index < -0.39 is 5.97 Å². The second-order valence-electron chi connectivity index (χ2n) is 3.79. The molecule has 17 heavy (non-hydrogen) atoms. The quantitative estimate of drug-likeness (QED) is 0.810. The van der Waals surface area contributed by atoms with Gasteiger partial charge in [0.05, 0.1) is 24.1 Å². The van der Waals surface area contributed by atoms with Gasteiger partial charge in [-0.25, -0.2) is 4.98 Å². The van der Waals surface area contributed by atoms with Crippen molar-refractivity contribution in [3.8, 4) is 0 Å². The van der Waals surface area contributed by atoms with Crippen LogP contribution in [0.25, 0.3) is 11.0 Å². The molecule has 0 unspecified atom stereocenters. The molecule has 2 aromatic rings. The summed E-state index contributed by atoms with van der Waals surface area (Å²) >= 11 is 0. The largest absolute Gasteiger partial charge is 0.481 e. The van der Waals surface area contributed by atoms with Crippen LogP contribution in [0.5, 0.6) is 0 Å². The van der Waals surface area contributed by atoms with Crippen molar-refractivity contribution < 1.29 is 15.0 Å². The zero-order chi connectivity index (χ0) is 12.3. The lowest BCUT2D eigenvalue weighted by Crippen LogP contribution is -2.09. The van der Waals surface area contributed by atoms with Gasteiger partial charge in [-0.1, -0.05) is 12.1 Å². The fourth-order valence-electron chi connectivity index (χ4n) is 1.88. The maximum absolute atomic E-state index is 10.6. The van der Waals surface area contributed by atoms with E-state index >= 15 is 0 Å². The Morgan fingerprint density at radius 3 is 2.82 bits per heavy atom. The molecule has 0 bridgehead atoms. The third-order valence-electron chi connectivity index (χ3n) is 2.62. The molecule has 0 spiro atoms. The molecule has 0 aliphatic carbocycles. The summed E-state index contributed by atoms with van der Waals surface area (Å²) in [5, 5.41) is 17.7. The first-order chi connectivity index (χ1) is 8.22.